The number of carbonyl (C=O) groups is 3. The number of carbonyl (C=O) groups excluding carboxylic acids is 3. The third-order valence-electron chi connectivity index (χ3n) is 6.82. The molecule has 1 aliphatic rings. The van der Waals surface area contributed by atoms with Crippen molar-refractivity contribution in [2.45, 2.75) is 25.2 Å². The summed E-state index contributed by atoms with van der Waals surface area (Å²) in [5.41, 5.74) is 2.36. The van der Waals surface area contributed by atoms with Crippen LogP contribution in [-0.4, -0.2) is 57.5 Å². The minimum atomic E-state index is -3.69. The fourth-order valence-electron chi connectivity index (χ4n) is 4.81. The van der Waals surface area contributed by atoms with Crippen LogP contribution in [0.5, 0.6) is 0 Å². The number of amides is 3. The van der Waals surface area contributed by atoms with Crippen molar-refractivity contribution in [3.8, 4) is 0 Å². The number of benzene rings is 2. The zero-order valence-corrected chi connectivity index (χ0v) is 24.1. The summed E-state index contributed by atoms with van der Waals surface area (Å²) in [7, 11) is -2.20. The quantitative estimate of drug-likeness (QED) is 0.346. The minimum absolute atomic E-state index is 0.125. The maximum atomic E-state index is 14.1. The van der Waals surface area contributed by atoms with Gasteiger partial charge in [0.2, 0.25) is 15.9 Å². The second-order valence-corrected chi connectivity index (χ2v) is 12.2. The molecule has 1 fully saturated rings. The Balaban J connectivity index is 1.66. The predicted octanol–water partition coefficient (Wildman–Crippen LogP) is 3.30. The summed E-state index contributed by atoms with van der Waals surface area (Å²) < 4.78 is 24.8. The van der Waals surface area contributed by atoms with Gasteiger partial charge in [0.15, 0.2) is 0 Å². The van der Waals surface area contributed by atoms with Crippen molar-refractivity contribution in [2.75, 3.05) is 36.6 Å². The number of anilines is 2. The fourth-order valence-corrected chi connectivity index (χ4v) is 5.42. The van der Waals surface area contributed by atoms with Crippen molar-refractivity contribution >= 4 is 50.7 Å². The van der Waals surface area contributed by atoms with Crippen LogP contribution < -0.4 is 20.3 Å². The number of hydrogen-bond donors (Lipinski definition) is 3. The molecule has 0 aliphatic carbocycles. The van der Waals surface area contributed by atoms with Crippen molar-refractivity contribution in [3.63, 3.8) is 0 Å². The van der Waals surface area contributed by atoms with Gasteiger partial charge in [-0.15, -0.1) is 0 Å². The van der Waals surface area contributed by atoms with Crippen molar-refractivity contribution in [1.29, 1.82) is 0 Å². The molecule has 3 amide bonds. The van der Waals surface area contributed by atoms with Crippen LogP contribution in [0.2, 0.25) is 5.15 Å². The smallest absolute Gasteiger partial charge is 0.264 e. The highest BCUT2D eigenvalue weighted by atomic mass is 35.5. The van der Waals surface area contributed by atoms with E-state index in [9.17, 15) is 22.8 Å². The normalized spacial score (nSPS) is 14.3. The molecule has 2 heterocycles. The van der Waals surface area contributed by atoms with E-state index in [1.807, 2.05) is 33.9 Å². The van der Waals surface area contributed by atoms with Crippen LogP contribution >= 0.6 is 11.6 Å². The first-order chi connectivity index (χ1) is 18.8. The fraction of sp³-hybridized carbons (Fsp3) is 0.286. The zero-order chi connectivity index (χ0) is 29.2. The molecular weight excluding hydrogens is 554 g/mol. The lowest BCUT2D eigenvalue weighted by molar-refractivity contribution is -0.122. The molecule has 210 valence electrons. The first-order valence-corrected chi connectivity index (χ1v) is 14.8. The Bertz CT molecular complexity index is 1570. The minimum Gasteiger partial charge on any atom is -0.369 e. The number of aromatic nitrogens is 1. The predicted molar refractivity (Wildman–Crippen MR) is 154 cm³/mol. The second-order valence-electron chi connectivity index (χ2n) is 10.0. The standard InChI is InChI=1S/C28H30ClN5O5S/c1-17(2)20-7-5-6-8-22(20)28(27(37)32-23-14-31-24(29)13-21(23)26(36)30-3)15-34(16-28)19-11-9-18(10-12-19)25(35)33-40(4,38)39/h5-14,17H,15-16H2,1-4H3,(H,30,36)(H,32,37)(H,33,35). The van der Waals surface area contributed by atoms with Crippen LogP contribution in [0, 0.1) is 0 Å². The Morgan fingerprint density at radius 1 is 1.02 bits per heavy atom. The van der Waals surface area contributed by atoms with Crippen LogP contribution in [0.1, 0.15) is 51.6 Å². The Kier molecular flexibility index (Phi) is 8.18. The number of hydrogen-bond acceptors (Lipinski definition) is 7. The van der Waals surface area contributed by atoms with Gasteiger partial charge in [0.05, 0.1) is 23.7 Å². The van der Waals surface area contributed by atoms with E-state index in [0.717, 1.165) is 23.1 Å². The maximum absolute atomic E-state index is 14.1. The molecule has 0 atom stereocenters. The highest BCUT2D eigenvalue weighted by molar-refractivity contribution is 7.89. The number of halogens is 1. The van der Waals surface area contributed by atoms with E-state index in [1.54, 1.807) is 12.1 Å². The van der Waals surface area contributed by atoms with Gasteiger partial charge in [0.25, 0.3) is 11.8 Å². The molecule has 10 nitrogen and oxygen atoms in total. The van der Waals surface area contributed by atoms with Crippen LogP contribution in [0.25, 0.3) is 0 Å². The third kappa shape index (κ3) is 5.95. The SMILES string of the molecule is CNC(=O)c1cc(Cl)ncc1NC(=O)C1(c2ccccc2C(C)C)CN(c2ccc(C(=O)NS(C)(=O)=O)cc2)C1. The molecule has 0 bridgehead atoms. The lowest BCUT2D eigenvalue weighted by Crippen LogP contribution is -2.65. The Morgan fingerprint density at radius 3 is 2.27 bits per heavy atom. The second kappa shape index (κ2) is 11.3. The summed E-state index contributed by atoms with van der Waals surface area (Å²) in [6, 6.07) is 15.7. The third-order valence-corrected chi connectivity index (χ3v) is 7.58. The van der Waals surface area contributed by atoms with Gasteiger partial charge in [0, 0.05) is 31.4 Å². The largest absolute Gasteiger partial charge is 0.369 e. The maximum Gasteiger partial charge on any atom is 0.264 e. The van der Waals surface area contributed by atoms with Crippen molar-refractivity contribution in [1.82, 2.24) is 15.0 Å². The molecule has 1 aromatic heterocycles. The van der Waals surface area contributed by atoms with Gasteiger partial charge in [-0.1, -0.05) is 49.7 Å². The summed E-state index contributed by atoms with van der Waals surface area (Å²) in [5, 5.41) is 5.60. The van der Waals surface area contributed by atoms with E-state index in [4.69, 9.17) is 11.6 Å². The van der Waals surface area contributed by atoms with Gasteiger partial charge in [-0.2, -0.15) is 0 Å². The highest BCUT2D eigenvalue weighted by Gasteiger charge is 2.52. The van der Waals surface area contributed by atoms with E-state index < -0.39 is 27.3 Å². The molecule has 3 aromatic rings. The topological polar surface area (TPSA) is 138 Å². The number of sulfonamides is 1. The molecule has 3 N–H and O–H groups in total. The van der Waals surface area contributed by atoms with Gasteiger partial charge in [-0.3, -0.25) is 14.4 Å². The first-order valence-electron chi connectivity index (χ1n) is 12.5. The monoisotopic (exact) mass is 583 g/mol. The molecule has 1 aliphatic heterocycles. The highest BCUT2D eigenvalue weighted by Crippen LogP contribution is 2.42. The summed E-state index contributed by atoms with van der Waals surface area (Å²) in [6.07, 6.45) is 2.28. The van der Waals surface area contributed by atoms with Crippen LogP contribution in [0.15, 0.2) is 60.8 Å². The summed E-state index contributed by atoms with van der Waals surface area (Å²) in [6.45, 7) is 4.78. The van der Waals surface area contributed by atoms with Crippen LogP contribution in [0.3, 0.4) is 0 Å². The van der Waals surface area contributed by atoms with Gasteiger partial charge in [-0.05, 0) is 47.4 Å². The van der Waals surface area contributed by atoms with E-state index in [1.165, 1.54) is 31.4 Å². The molecule has 0 radical (unpaired) electrons. The van der Waals surface area contributed by atoms with Gasteiger partial charge in [-0.25, -0.2) is 18.1 Å². The average molecular weight is 584 g/mol. The Morgan fingerprint density at radius 2 is 1.68 bits per heavy atom. The van der Waals surface area contributed by atoms with Crippen LogP contribution in [-0.2, 0) is 20.2 Å². The average Bonchev–Trinajstić information content (AvgIpc) is 2.88. The Labute approximate surface area is 238 Å². The summed E-state index contributed by atoms with van der Waals surface area (Å²) in [4.78, 5) is 44.8. The van der Waals surface area contributed by atoms with Crippen LogP contribution in [0.4, 0.5) is 11.4 Å². The summed E-state index contributed by atoms with van der Waals surface area (Å²) >= 11 is 6.02. The van der Waals surface area contributed by atoms with Crippen molar-refractivity contribution in [3.05, 3.63) is 88.2 Å². The molecule has 2 aromatic carbocycles. The number of nitrogens with one attached hydrogen (secondary N) is 3. The number of nitrogens with zero attached hydrogens (tertiary/aromatic N) is 2. The van der Waals surface area contributed by atoms with E-state index in [2.05, 4.69) is 29.5 Å². The number of pyridine rings is 1. The van der Waals surface area contributed by atoms with Crippen molar-refractivity contribution < 1.29 is 22.8 Å². The first kappa shape index (κ1) is 29.0. The lowest BCUT2D eigenvalue weighted by atomic mass is 9.69. The van der Waals surface area contributed by atoms with E-state index >= 15 is 0 Å². The van der Waals surface area contributed by atoms with Gasteiger partial charge in [0.1, 0.15) is 10.6 Å². The van der Waals surface area contributed by atoms with Gasteiger partial charge >= 0.3 is 0 Å². The molecule has 0 saturated carbocycles. The Hall–Kier alpha value is -3.96. The van der Waals surface area contributed by atoms with E-state index in [0.29, 0.717) is 13.1 Å². The van der Waals surface area contributed by atoms with Gasteiger partial charge < -0.3 is 15.5 Å². The molecule has 4 rings (SSSR count). The summed E-state index contributed by atoms with van der Waals surface area (Å²) in [5.74, 6) is -1.27. The number of rotatable bonds is 8. The molecule has 0 unspecified atom stereocenters. The van der Waals surface area contributed by atoms with Crippen molar-refractivity contribution in [2.24, 2.45) is 0 Å². The molecule has 12 heteroatoms. The molecule has 40 heavy (non-hydrogen) atoms. The molecular formula is C28H30ClN5O5S. The molecule has 0 spiro atoms. The lowest BCUT2D eigenvalue weighted by Gasteiger charge is -2.51. The van der Waals surface area contributed by atoms with E-state index in [-0.39, 0.29) is 33.8 Å². The zero-order valence-electron chi connectivity index (χ0n) is 22.5. The molecule has 1 saturated heterocycles.